The molecule has 0 fully saturated rings. The van der Waals surface area contributed by atoms with E-state index in [4.69, 9.17) is 0 Å². The normalized spacial score (nSPS) is 12.2. The molecule has 2 heteroatoms. The van der Waals surface area contributed by atoms with Crippen LogP contribution in [0, 0.1) is 0 Å². The van der Waals surface area contributed by atoms with Crippen LogP contribution in [-0.4, -0.2) is 4.57 Å². The lowest BCUT2D eigenvalue weighted by molar-refractivity contribution is 0.590. The number of fused-ring (bicyclic) bond motifs is 3. The van der Waals surface area contributed by atoms with Gasteiger partial charge in [-0.15, -0.1) is 0 Å². The smallest absolute Gasteiger partial charge is 0.0541 e. The van der Waals surface area contributed by atoms with Gasteiger partial charge in [0.1, 0.15) is 0 Å². The molecule has 1 heterocycles. The molecule has 356 valence electrons. The Morgan fingerprint density at radius 1 is 0.284 bits per heavy atom. The molecule has 0 amide bonds. The highest BCUT2D eigenvalue weighted by Crippen LogP contribution is 2.51. The van der Waals surface area contributed by atoms with Crippen molar-refractivity contribution in [3.8, 4) is 50.2 Å². The van der Waals surface area contributed by atoms with E-state index in [1.54, 1.807) is 0 Å². The summed E-state index contributed by atoms with van der Waals surface area (Å²) in [5, 5.41) is 9.93. The van der Waals surface area contributed by atoms with Gasteiger partial charge in [-0.1, -0.05) is 248 Å². The van der Waals surface area contributed by atoms with Gasteiger partial charge in [-0.3, -0.25) is 0 Å². The van der Waals surface area contributed by atoms with Gasteiger partial charge in [-0.25, -0.2) is 0 Å². The number of aromatic nitrogens is 1. The van der Waals surface area contributed by atoms with E-state index in [1.807, 2.05) is 0 Å². The summed E-state index contributed by atoms with van der Waals surface area (Å²) >= 11 is 0. The van der Waals surface area contributed by atoms with Crippen LogP contribution in [-0.2, 0) is 10.8 Å². The molecule has 13 rings (SSSR count). The molecule has 74 heavy (non-hydrogen) atoms. The highest BCUT2D eigenvalue weighted by atomic mass is 15.1. The van der Waals surface area contributed by atoms with Crippen LogP contribution in [0.5, 0.6) is 0 Å². The standard InChI is InChI=1S/C72H58N2/c1-71(2,3)51-39-31-47(32-40-51)53-19-7-9-21-55(53)57-23-11-15-27-63(57)73(64-28-16-12-24-58(64)56-22-10-8-20-54(56)48-33-41-52(42-34-48)72(4,5)6)67-45-37-49-36-44-62-68(46-38-50-35-43-61(67)69(49)70(50)62)74-65-29-17-13-25-59(65)60-26-14-18-30-66(60)74/h7-46H,1-6H3. The second kappa shape index (κ2) is 17.5. The van der Waals surface area contributed by atoms with Crippen LogP contribution >= 0.6 is 0 Å². The molecule has 0 radical (unpaired) electrons. The molecule has 0 N–H and O–H groups in total. The first kappa shape index (κ1) is 45.2. The number of nitrogens with zero attached hydrogens (tertiary/aromatic N) is 2. The summed E-state index contributed by atoms with van der Waals surface area (Å²) in [5.74, 6) is 0. The number of rotatable bonds is 8. The summed E-state index contributed by atoms with van der Waals surface area (Å²) in [7, 11) is 0. The third-order valence-electron chi connectivity index (χ3n) is 15.5. The molecule has 1 aromatic heterocycles. The highest BCUT2D eigenvalue weighted by Gasteiger charge is 2.26. The van der Waals surface area contributed by atoms with Crippen LogP contribution in [0.25, 0.3) is 104 Å². The van der Waals surface area contributed by atoms with E-state index in [0.717, 1.165) is 28.2 Å². The minimum absolute atomic E-state index is 0.0559. The lowest BCUT2D eigenvalue weighted by Gasteiger charge is -2.32. The van der Waals surface area contributed by atoms with Crippen molar-refractivity contribution in [2.75, 3.05) is 4.90 Å². The molecule has 12 aromatic carbocycles. The maximum Gasteiger partial charge on any atom is 0.0541 e. The highest BCUT2D eigenvalue weighted by molar-refractivity contribution is 6.28. The second-order valence-electron chi connectivity index (χ2n) is 22.1. The van der Waals surface area contributed by atoms with Crippen molar-refractivity contribution in [2.45, 2.75) is 52.4 Å². The monoisotopic (exact) mass is 950 g/mol. The molecule has 0 unspecified atom stereocenters. The lowest BCUT2D eigenvalue weighted by atomic mass is 9.85. The van der Waals surface area contributed by atoms with Gasteiger partial charge >= 0.3 is 0 Å². The Labute approximate surface area is 434 Å². The zero-order chi connectivity index (χ0) is 50.3. The number of benzene rings is 12. The minimum atomic E-state index is 0.0559. The van der Waals surface area contributed by atoms with Crippen molar-refractivity contribution >= 4 is 71.2 Å². The first-order chi connectivity index (χ1) is 36.0. The van der Waals surface area contributed by atoms with Gasteiger partial charge in [0, 0.05) is 32.7 Å². The van der Waals surface area contributed by atoms with E-state index in [2.05, 4.69) is 294 Å². The molecule has 0 spiro atoms. The van der Waals surface area contributed by atoms with E-state index < -0.39 is 0 Å². The lowest BCUT2D eigenvalue weighted by Crippen LogP contribution is -2.13. The average Bonchev–Trinajstić information content (AvgIpc) is 3.78. The van der Waals surface area contributed by atoms with Crippen molar-refractivity contribution in [1.82, 2.24) is 4.57 Å². The Bertz CT molecular complexity index is 4050. The number of hydrogen-bond acceptors (Lipinski definition) is 1. The fourth-order valence-electron chi connectivity index (χ4n) is 11.8. The Morgan fingerprint density at radius 3 is 1.15 bits per heavy atom. The molecular formula is C72H58N2. The third-order valence-corrected chi connectivity index (χ3v) is 15.5. The van der Waals surface area contributed by atoms with Gasteiger partial charge in [0.05, 0.1) is 33.8 Å². The van der Waals surface area contributed by atoms with Crippen LogP contribution in [0.1, 0.15) is 52.7 Å². The van der Waals surface area contributed by atoms with E-state index in [-0.39, 0.29) is 10.8 Å². The SMILES string of the molecule is CC(C)(C)c1ccc(-c2ccccc2-c2ccccc2N(c2ccccc2-c2ccccc2-c2ccc(C(C)(C)C)cc2)c2ccc3ccc4c(-n5c6ccccc6c6ccccc65)ccc5ccc2c3c54)cc1. The summed E-state index contributed by atoms with van der Waals surface area (Å²) in [6.07, 6.45) is 0. The second-order valence-corrected chi connectivity index (χ2v) is 22.1. The van der Waals surface area contributed by atoms with Crippen LogP contribution in [0.3, 0.4) is 0 Å². The van der Waals surface area contributed by atoms with Gasteiger partial charge in [-0.05, 0) is 113 Å². The molecule has 0 aliphatic heterocycles. The van der Waals surface area contributed by atoms with Crippen LogP contribution in [0.4, 0.5) is 17.1 Å². The largest absolute Gasteiger partial charge is 0.309 e. The zero-order valence-electron chi connectivity index (χ0n) is 43.0. The van der Waals surface area contributed by atoms with Crippen molar-refractivity contribution in [3.05, 3.63) is 254 Å². The topological polar surface area (TPSA) is 8.17 Å². The maximum absolute atomic E-state index is 2.56. The van der Waals surface area contributed by atoms with Gasteiger partial charge in [0.25, 0.3) is 0 Å². The van der Waals surface area contributed by atoms with Crippen molar-refractivity contribution in [2.24, 2.45) is 0 Å². The van der Waals surface area contributed by atoms with Crippen molar-refractivity contribution in [1.29, 1.82) is 0 Å². The molecule has 0 saturated heterocycles. The Kier molecular flexibility index (Phi) is 10.7. The number of para-hydroxylation sites is 4. The van der Waals surface area contributed by atoms with Crippen LogP contribution in [0.15, 0.2) is 243 Å². The Hall–Kier alpha value is -8.72. The molecule has 0 saturated carbocycles. The predicted molar refractivity (Wildman–Crippen MR) is 318 cm³/mol. The van der Waals surface area contributed by atoms with E-state index in [9.17, 15) is 0 Å². The Balaban J connectivity index is 1.08. The van der Waals surface area contributed by atoms with Gasteiger partial charge in [-0.2, -0.15) is 0 Å². The minimum Gasteiger partial charge on any atom is -0.309 e. The van der Waals surface area contributed by atoms with Gasteiger partial charge in [0.15, 0.2) is 0 Å². The summed E-state index contributed by atoms with van der Waals surface area (Å²) in [5.41, 5.74) is 19.2. The Morgan fingerprint density at radius 2 is 0.662 bits per heavy atom. The zero-order valence-corrected chi connectivity index (χ0v) is 43.0. The first-order valence-corrected chi connectivity index (χ1v) is 26.1. The van der Waals surface area contributed by atoms with Gasteiger partial charge in [0.2, 0.25) is 0 Å². The summed E-state index contributed by atoms with van der Waals surface area (Å²) in [4.78, 5) is 2.56. The molecule has 2 nitrogen and oxygen atoms in total. The molecule has 0 aliphatic rings. The fourth-order valence-corrected chi connectivity index (χ4v) is 11.8. The molecule has 0 bridgehead atoms. The summed E-state index contributed by atoms with van der Waals surface area (Å²) in [6, 6.07) is 90.7. The van der Waals surface area contributed by atoms with Crippen molar-refractivity contribution < 1.29 is 0 Å². The summed E-state index contributed by atoms with van der Waals surface area (Å²) in [6.45, 7) is 13.7. The molecule has 13 aromatic rings. The van der Waals surface area contributed by atoms with Crippen LogP contribution in [0.2, 0.25) is 0 Å². The molecule has 0 aliphatic carbocycles. The maximum atomic E-state index is 2.56. The van der Waals surface area contributed by atoms with Gasteiger partial charge < -0.3 is 9.47 Å². The van der Waals surface area contributed by atoms with E-state index in [1.165, 1.54) is 104 Å². The average molecular weight is 951 g/mol. The number of hydrogen-bond donors (Lipinski definition) is 0. The predicted octanol–water partition coefficient (Wildman–Crippen LogP) is 20.4. The van der Waals surface area contributed by atoms with E-state index in [0.29, 0.717) is 0 Å². The van der Waals surface area contributed by atoms with Crippen LogP contribution < -0.4 is 4.90 Å². The third kappa shape index (κ3) is 7.47. The first-order valence-electron chi connectivity index (χ1n) is 26.1. The van der Waals surface area contributed by atoms with Crippen molar-refractivity contribution in [3.63, 3.8) is 0 Å². The molecular weight excluding hydrogens is 893 g/mol. The fraction of sp³-hybridized carbons (Fsp3) is 0.111. The number of anilines is 3. The molecule has 0 atom stereocenters. The van der Waals surface area contributed by atoms with E-state index >= 15 is 0 Å². The summed E-state index contributed by atoms with van der Waals surface area (Å²) < 4.78 is 2.47. The quantitative estimate of drug-likeness (QED) is 0.138.